The van der Waals surface area contributed by atoms with Crippen molar-refractivity contribution in [3.8, 4) is 28.6 Å². The van der Waals surface area contributed by atoms with Gasteiger partial charge in [-0.1, -0.05) is 0 Å². The summed E-state index contributed by atoms with van der Waals surface area (Å²) >= 11 is 0. The second-order valence-corrected chi connectivity index (χ2v) is 5.59. The Hall–Kier alpha value is -2.73. The van der Waals surface area contributed by atoms with E-state index in [0.29, 0.717) is 13.0 Å². The highest BCUT2D eigenvalue weighted by molar-refractivity contribution is 5.84. The lowest BCUT2D eigenvalue weighted by atomic mass is 10.2. The number of ether oxygens (including phenoxy) is 3. The fraction of sp³-hybridized carbons (Fsp3) is 0.278. The maximum Gasteiger partial charge on any atom is 0.231 e. The van der Waals surface area contributed by atoms with Crippen LogP contribution < -0.4 is 14.2 Å². The van der Waals surface area contributed by atoms with Crippen LogP contribution in [0.15, 0.2) is 36.4 Å². The van der Waals surface area contributed by atoms with Crippen molar-refractivity contribution in [3.05, 3.63) is 36.4 Å². The Bertz CT molecular complexity index is 871. The molecule has 1 N–H and O–H groups in total. The molecular formula is C18H18N2O4. The molecule has 1 aromatic heterocycles. The van der Waals surface area contributed by atoms with Gasteiger partial charge >= 0.3 is 0 Å². The fourth-order valence-corrected chi connectivity index (χ4v) is 2.93. The molecule has 0 fully saturated rings. The van der Waals surface area contributed by atoms with Crippen LogP contribution in [0.1, 0.15) is 6.42 Å². The molecule has 3 aromatic rings. The summed E-state index contributed by atoms with van der Waals surface area (Å²) in [6.07, 6.45) is 0.656. The van der Waals surface area contributed by atoms with Crippen LogP contribution in [0.2, 0.25) is 0 Å². The minimum atomic E-state index is 0.131. The molecule has 4 rings (SSSR count). The molecule has 0 saturated carbocycles. The van der Waals surface area contributed by atoms with Gasteiger partial charge in [0.1, 0.15) is 11.6 Å². The van der Waals surface area contributed by atoms with Crippen LogP contribution >= 0.6 is 0 Å². The van der Waals surface area contributed by atoms with Gasteiger partial charge in [0.15, 0.2) is 11.5 Å². The highest BCUT2D eigenvalue weighted by Crippen LogP contribution is 2.37. The molecule has 0 aliphatic carbocycles. The van der Waals surface area contributed by atoms with E-state index in [1.165, 1.54) is 0 Å². The molecule has 2 heterocycles. The van der Waals surface area contributed by atoms with Crippen molar-refractivity contribution in [1.82, 2.24) is 9.55 Å². The number of fused-ring (bicyclic) bond motifs is 2. The van der Waals surface area contributed by atoms with Gasteiger partial charge in [-0.05, 0) is 30.7 Å². The van der Waals surface area contributed by atoms with Crippen molar-refractivity contribution in [2.45, 2.75) is 13.0 Å². The average Bonchev–Trinajstić information content (AvgIpc) is 3.21. The fourth-order valence-electron chi connectivity index (χ4n) is 2.93. The SMILES string of the molecule is COc1ccc(-c2nc3cc4c(cc3n2CCCO)OCO4)cc1. The number of aryl methyl sites for hydroxylation is 1. The summed E-state index contributed by atoms with van der Waals surface area (Å²) in [6.45, 7) is 1.05. The molecule has 1 aliphatic rings. The maximum absolute atomic E-state index is 9.23. The van der Waals surface area contributed by atoms with Crippen LogP contribution in [0.25, 0.3) is 22.4 Å². The van der Waals surface area contributed by atoms with Crippen LogP contribution in [0.5, 0.6) is 17.2 Å². The molecule has 0 atom stereocenters. The van der Waals surface area contributed by atoms with E-state index in [0.717, 1.165) is 39.7 Å². The van der Waals surface area contributed by atoms with E-state index in [1.54, 1.807) is 7.11 Å². The molecule has 0 radical (unpaired) electrons. The summed E-state index contributed by atoms with van der Waals surface area (Å²) in [4.78, 5) is 4.77. The first-order chi connectivity index (χ1) is 11.8. The maximum atomic E-state index is 9.23. The first-order valence-corrected chi connectivity index (χ1v) is 7.85. The summed E-state index contributed by atoms with van der Waals surface area (Å²) in [5.41, 5.74) is 2.81. The summed E-state index contributed by atoms with van der Waals surface area (Å²) in [6, 6.07) is 11.6. The third-order valence-corrected chi connectivity index (χ3v) is 4.13. The van der Waals surface area contributed by atoms with Gasteiger partial charge in [-0.15, -0.1) is 0 Å². The number of aromatic nitrogens is 2. The minimum absolute atomic E-state index is 0.131. The molecule has 0 bridgehead atoms. The van der Waals surface area contributed by atoms with Crippen LogP contribution in [0.4, 0.5) is 0 Å². The predicted octanol–water partition coefficient (Wildman–Crippen LogP) is 2.82. The topological polar surface area (TPSA) is 65.7 Å². The van der Waals surface area contributed by atoms with E-state index in [2.05, 4.69) is 4.57 Å². The number of hydrogen-bond acceptors (Lipinski definition) is 5. The smallest absolute Gasteiger partial charge is 0.231 e. The van der Waals surface area contributed by atoms with Gasteiger partial charge in [0.2, 0.25) is 6.79 Å². The van der Waals surface area contributed by atoms with Gasteiger partial charge < -0.3 is 23.9 Å². The molecule has 124 valence electrons. The number of hydrogen-bond donors (Lipinski definition) is 1. The molecule has 0 amide bonds. The largest absolute Gasteiger partial charge is 0.497 e. The zero-order valence-electron chi connectivity index (χ0n) is 13.4. The van der Waals surface area contributed by atoms with Crippen LogP contribution in [0, 0.1) is 0 Å². The normalized spacial score (nSPS) is 12.8. The highest BCUT2D eigenvalue weighted by atomic mass is 16.7. The zero-order valence-corrected chi connectivity index (χ0v) is 13.4. The first-order valence-electron chi connectivity index (χ1n) is 7.85. The van der Waals surface area contributed by atoms with Gasteiger partial charge in [-0.2, -0.15) is 0 Å². The second-order valence-electron chi connectivity index (χ2n) is 5.59. The van der Waals surface area contributed by atoms with Crippen molar-refractivity contribution in [2.75, 3.05) is 20.5 Å². The van der Waals surface area contributed by atoms with Crippen LogP contribution in [0.3, 0.4) is 0 Å². The molecule has 6 nitrogen and oxygen atoms in total. The number of aliphatic hydroxyl groups is 1. The zero-order chi connectivity index (χ0) is 16.5. The third-order valence-electron chi connectivity index (χ3n) is 4.13. The van der Waals surface area contributed by atoms with Gasteiger partial charge in [0.25, 0.3) is 0 Å². The van der Waals surface area contributed by atoms with Crippen molar-refractivity contribution in [2.24, 2.45) is 0 Å². The Morgan fingerprint density at radius 3 is 2.62 bits per heavy atom. The molecule has 24 heavy (non-hydrogen) atoms. The number of aliphatic hydroxyl groups excluding tert-OH is 1. The summed E-state index contributed by atoms with van der Waals surface area (Å²) in [5, 5.41) is 9.23. The van der Waals surface area contributed by atoms with Gasteiger partial charge in [0.05, 0.1) is 18.1 Å². The number of methoxy groups -OCH3 is 1. The average molecular weight is 326 g/mol. The van der Waals surface area contributed by atoms with E-state index >= 15 is 0 Å². The van der Waals surface area contributed by atoms with E-state index in [-0.39, 0.29) is 13.4 Å². The van der Waals surface area contributed by atoms with Gasteiger partial charge in [0, 0.05) is 30.8 Å². The lowest BCUT2D eigenvalue weighted by Gasteiger charge is -2.09. The Morgan fingerprint density at radius 1 is 1.17 bits per heavy atom. The molecule has 0 unspecified atom stereocenters. The summed E-state index contributed by atoms with van der Waals surface area (Å²) < 4.78 is 18.3. The Balaban J connectivity index is 1.86. The number of imidazole rings is 1. The van der Waals surface area contributed by atoms with Crippen LogP contribution in [-0.2, 0) is 6.54 Å². The molecular weight excluding hydrogens is 308 g/mol. The van der Waals surface area contributed by atoms with E-state index in [9.17, 15) is 5.11 Å². The molecule has 0 spiro atoms. The minimum Gasteiger partial charge on any atom is -0.497 e. The molecule has 1 aliphatic heterocycles. The number of nitrogens with zero attached hydrogens (tertiary/aromatic N) is 2. The lowest BCUT2D eigenvalue weighted by Crippen LogP contribution is -2.02. The lowest BCUT2D eigenvalue weighted by molar-refractivity contribution is 0.174. The summed E-state index contributed by atoms with van der Waals surface area (Å²) in [7, 11) is 1.65. The second kappa shape index (κ2) is 6.05. The predicted molar refractivity (Wildman–Crippen MR) is 89.5 cm³/mol. The quantitative estimate of drug-likeness (QED) is 0.781. The molecule has 0 saturated heterocycles. The number of benzene rings is 2. The van der Waals surface area contributed by atoms with Crippen molar-refractivity contribution < 1.29 is 19.3 Å². The van der Waals surface area contributed by atoms with Crippen molar-refractivity contribution in [1.29, 1.82) is 0 Å². The van der Waals surface area contributed by atoms with Crippen molar-refractivity contribution >= 4 is 11.0 Å². The highest BCUT2D eigenvalue weighted by Gasteiger charge is 2.19. The van der Waals surface area contributed by atoms with E-state index in [1.807, 2.05) is 36.4 Å². The van der Waals surface area contributed by atoms with E-state index in [4.69, 9.17) is 19.2 Å². The van der Waals surface area contributed by atoms with Gasteiger partial charge in [-0.3, -0.25) is 0 Å². The molecule has 2 aromatic carbocycles. The summed E-state index contributed by atoms with van der Waals surface area (Å²) in [5.74, 6) is 3.10. The standard InChI is InChI=1S/C18H18N2O4/c1-22-13-5-3-12(4-6-13)18-19-14-9-16-17(24-11-23-16)10-15(14)20(18)7-2-8-21/h3-6,9-10,21H,2,7-8,11H2,1H3. The Kier molecular flexibility index (Phi) is 3.74. The van der Waals surface area contributed by atoms with Crippen LogP contribution in [-0.4, -0.2) is 35.2 Å². The monoisotopic (exact) mass is 326 g/mol. The Labute approximate surface area is 139 Å². The molecule has 6 heteroatoms. The first kappa shape index (κ1) is 14.8. The number of rotatable bonds is 5. The van der Waals surface area contributed by atoms with E-state index < -0.39 is 0 Å². The van der Waals surface area contributed by atoms with Gasteiger partial charge in [-0.25, -0.2) is 4.98 Å². The van der Waals surface area contributed by atoms with Crippen molar-refractivity contribution in [3.63, 3.8) is 0 Å². The Morgan fingerprint density at radius 2 is 1.92 bits per heavy atom. The third kappa shape index (κ3) is 2.45.